The molecule has 1 aromatic heterocycles. The largest absolute Gasteiger partial charge is 0.320 e. The van der Waals surface area contributed by atoms with Gasteiger partial charge in [0.05, 0.1) is 0 Å². The van der Waals surface area contributed by atoms with E-state index in [-0.39, 0.29) is 11.9 Å². The number of pyridine rings is 1. The van der Waals surface area contributed by atoms with Crippen molar-refractivity contribution in [2.75, 3.05) is 5.32 Å². The molecule has 0 bridgehead atoms. The number of aromatic nitrogens is 1. The van der Waals surface area contributed by atoms with Gasteiger partial charge in [0.15, 0.2) is 12.4 Å². The highest BCUT2D eigenvalue weighted by atomic mass is 35.5. The van der Waals surface area contributed by atoms with Gasteiger partial charge < -0.3 is 5.32 Å². The number of nitrogens with zero attached hydrogens (tertiary/aromatic N) is 1. The van der Waals surface area contributed by atoms with Crippen LogP contribution in [0, 0.1) is 0 Å². The zero-order chi connectivity index (χ0) is 18.5. The van der Waals surface area contributed by atoms with Gasteiger partial charge in [-0.2, -0.15) is 4.57 Å². The van der Waals surface area contributed by atoms with Crippen molar-refractivity contribution < 1.29 is 9.36 Å². The summed E-state index contributed by atoms with van der Waals surface area (Å²) in [6.45, 7) is 1.85. The number of hydrogen-bond acceptors (Lipinski definition) is 1. The second-order valence-corrected chi connectivity index (χ2v) is 7.01. The number of anilines is 1. The highest BCUT2D eigenvalue weighted by Gasteiger charge is 2.22. The second-order valence-electron chi connectivity index (χ2n) is 6.14. The third-order valence-electron chi connectivity index (χ3n) is 4.13. The quantitative estimate of drug-likeness (QED) is 0.610. The zero-order valence-electron chi connectivity index (χ0n) is 14.3. The Balaban J connectivity index is 1.67. The number of carbonyl (C=O) groups is 1. The smallest absolute Gasteiger partial charge is 0.293 e. The van der Waals surface area contributed by atoms with Crippen molar-refractivity contribution in [2.24, 2.45) is 0 Å². The van der Waals surface area contributed by atoms with Crippen molar-refractivity contribution in [3.05, 3.63) is 94.2 Å². The van der Waals surface area contributed by atoms with Crippen LogP contribution < -0.4 is 9.88 Å². The summed E-state index contributed by atoms with van der Waals surface area (Å²) in [5.41, 5.74) is 3.04. The first-order valence-electron chi connectivity index (χ1n) is 8.32. The van der Waals surface area contributed by atoms with Gasteiger partial charge in [-0.25, -0.2) is 0 Å². The summed E-state index contributed by atoms with van der Waals surface area (Å²) in [5, 5.41) is 3.82. The Morgan fingerprint density at radius 1 is 0.962 bits per heavy atom. The fourth-order valence-corrected chi connectivity index (χ4v) is 3.21. The Morgan fingerprint density at radius 2 is 1.54 bits per heavy atom. The topological polar surface area (TPSA) is 33.0 Å². The van der Waals surface area contributed by atoms with E-state index in [9.17, 15) is 4.79 Å². The van der Waals surface area contributed by atoms with Gasteiger partial charge in [0.2, 0.25) is 6.04 Å². The minimum absolute atomic E-state index is 0.135. The van der Waals surface area contributed by atoms with Crippen LogP contribution in [0.2, 0.25) is 10.0 Å². The molecule has 0 unspecified atom stereocenters. The average molecular weight is 386 g/mol. The summed E-state index contributed by atoms with van der Waals surface area (Å²) >= 11 is 11.9. The normalized spacial score (nSPS) is 11.8. The van der Waals surface area contributed by atoms with Crippen LogP contribution in [0.5, 0.6) is 0 Å². The number of hydrogen-bond donors (Lipinski definition) is 1. The third kappa shape index (κ3) is 4.84. The van der Waals surface area contributed by atoms with Crippen LogP contribution in [0.4, 0.5) is 5.69 Å². The van der Waals surface area contributed by atoms with E-state index < -0.39 is 0 Å². The van der Waals surface area contributed by atoms with E-state index >= 15 is 0 Å². The maximum absolute atomic E-state index is 12.5. The monoisotopic (exact) mass is 385 g/mol. The van der Waals surface area contributed by atoms with E-state index in [1.807, 2.05) is 54.2 Å². The van der Waals surface area contributed by atoms with Gasteiger partial charge in [0, 0.05) is 34.8 Å². The maximum Gasteiger partial charge on any atom is 0.293 e. The van der Waals surface area contributed by atoms with Crippen LogP contribution in [-0.2, 0) is 11.2 Å². The lowest BCUT2D eigenvalue weighted by atomic mass is 10.1. The molecule has 3 rings (SSSR count). The van der Waals surface area contributed by atoms with Gasteiger partial charge in [-0.3, -0.25) is 4.79 Å². The molecule has 0 aliphatic carbocycles. The van der Waals surface area contributed by atoms with Crippen LogP contribution in [0.1, 0.15) is 24.1 Å². The van der Waals surface area contributed by atoms with Gasteiger partial charge >= 0.3 is 0 Å². The van der Waals surface area contributed by atoms with Gasteiger partial charge in [-0.05, 0) is 35.7 Å². The van der Waals surface area contributed by atoms with Crippen LogP contribution in [0.3, 0.4) is 0 Å². The summed E-state index contributed by atoms with van der Waals surface area (Å²) in [7, 11) is 0. The van der Waals surface area contributed by atoms with Crippen molar-refractivity contribution in [3.63, 3.8) is 0 Å². The Labute approximate surface area is 163 Å². The van der Waals surface area contributed by atoms with Crippen molar-refractivity contribution in [3.8, 4) is 0 Å². The molecule has 0 radical (unpaired) electrons. The minimum Gasteiger partial charge on any atom is -0.320 e. The lowest BCUT2D eigenvalue weighted by Gasteiger charge is -2.10. The predicted molar refractivity (Wildman–Crippen MR) is 106 cm³/mol. The van der Waals surface area contributed by atoms with E-state index in [0.717, 1.165) is 6.42 Å². The van der Waals surface area contributed by atoms with Crippen molar-refractivity contribution in [2.45, 2.75) is 19.4 Å². The number of halogens is 2. The van der Waals surface area contributed by atoms with Crippen LogP contribution >= 0.6 is 23.2 Å². The Morgan fingerprint density at radius 3 is 2.15 bits per heavy atom. The molecule has 0 spiro atoms. The van der Waals surface area contributed by atoms with Gasteiger partial charge in [0.1, 0.15) is 0 Å². The standard InChI is InChI=1S/C21H18Cl2N2O/c1-15(21(26)24-20-13-18(22)12-19(23)14-20)25-9-7-17(8-10-25)11-16-5-3-2-4-6-16/h2-10,12-15H,11H2,1H3/p+1/t15-/m0/s1. The molecule has 1 heterocycles. The van der Waals surface area contributed by atoms with E-state index in [0.29, 0.717) is 15.7 Å². The van der Waals surface area contributed by atoms with Gasteiger partial charge in [-0.15, -0.1) is 0 Å². The minimum atomic E-state index is -0.362. The molecule has 1 N–H and O–H groups in total. The zero-order valence-corrected chi connectivity index (χ0v) is 15.8. The molecule has 0 fully saturated rings. The number of carbonyl (C=O) groups excluding carboxylic acids is 1. The number of rotatable bonds is 5. The first kappa shape index (κ1) is 18.4. The van der Waals surface area contributed by atoms with Crippen molar-refractivity contribution in [1.29, 1.82) is 0 Å². The molecular weight excluding hydrogens is 367 g/mol. The fraction of sp³-hybridized carbons (Fsp3) is 0.143. The summed E-state index contributed by atoms with van der Waals surface area (Å²) < 4.78 is 1.87. The molecule has 2 aromatic carbocycles. The summed E-state index contributed by atoms with van der Waals surface area (Å²) in [6, 6.07) is 19.0. The molecule has 26 heavy (non-hydrogen) atoms. The van der Waals surface area contributed by atoms with Crippen LogP contribution in [-0.4, -0.2) is 5.91 Å². The Kier molecular flexibility index (Phi) is 5.92. The molecule has 0 saturated carbocycles. The number of benzene rings is 2. The lowest BCUT2D eigenvalue weighted by Crippen LogP contribution is -2.44. The SMILES string of the molecule is C[C@@H](C(=O)Nc1cc(Cl)cc(Cl)c1)[n+]1ccc(Cc2ccccc2)cc1. The van der Waals surface area contributed by atoms with Crippen molar-refractivity contribution in [1.82, 2.24) is 0 Å². The fourth-order valence-electron chi connectivity index (χ4n) is 2.68. The van der Waals surface area contributed by atoms with Crippen LogP contribution in [0.15, 0.2) is 73.1 Å². The molecule has 3 aromatic rings. The predicted octanol–water partition coefficient (Wildman–Crippen LogP) is 5.07. The summed E-state index contributed by atoms with van der Waals surface area (Å²) in [6.07, 6.45) is 4.71. The number of amides is 1. The Bertz CT molecular complexity index is 875. The maximum atomic E-state index is 12.5. The lowest BCUT2D eigenvalue weighted by molar-refractivity contribution is -0.705. The molecule has 1 amide bonds. The molecule has 0 saturated heterocycles. The number of nitrogens with one attached hydrogen (secondary N) is 1. The van der Waals surface area contributed by atoms with E-state index in [1.54, 1.807) is 18.2 Å². The van der Waals surface area contributed by atoms with E-state index in [1.165, 1.54) is 11.1 Å². The molecule has 3 nitrogen and oxygen atoms in total. The van der Waals surface area contributed by atoms with E-state index in [2.05, 4.69) is 17.4 Å². The molecule has 132 valence electrons. The second kappa shape index (κ2) is 8.35. The van der Waals surface area contributed by atoms with Crippen LogP contribution in [0.25, 0.3) is 0 Å². The molecule has 0 aliphatic rings. The first-order chi connectivity index (χ1) is 12.5. The van der Waals surface area contributed by atoms with Crippen molar-refractivity contribution >= 4 is 34.8 Å². The average Bonchev–Trinajstić information content (AvgIpc) is 2.62. The highest BCUT2D eigenvalue weighted by molar-refractivity contribution is 6.35. The van der Waals surface area contributed by atoms with E-state index in [4.69, 9.17) is 23.2 Å². The van der Waals surface area contributed by atoms with Gasteiger partial charge in [-0.1, -0.05) is 53.5 Å². The third-order valence-corrected chi connectivity index (χ3v) is 4.57. The summed E-state index contributed by atoms with van der Waals surface area (Å²) in [5.74, 6) is -0.135. The first-order valence-corrected chi connectivity index (χ1v) is 9.07. The highest BCUT2D eigenvalue weighted by Crippen LogP contribution is 2.22. The molecule has 0 aliphatic heterocycles. The molecular formula is C21H19Cl2N2O+. The summed E-state index contributed by atoms with van der Waals surface area (Å²) in [4.78, 5) is 12.5. The Hall–Kier alpha value is -2.36. The molecule has 5 heteroatoms. The van der Waals surface area contributed by atoms with Gasteiger partial charge in [0.25, 0.3) is 5.91 Å². The molecule has 1 atom stereocenters.